The Morgan fingerprint density at radius 1 is 1.29 bits per heavy atom. The van der Waals surface area contributed by atoms with Crippen LogP contribution in [0.25, 0.3) is 0 Å². The van der Waals surface area contributed by atoms with Gasteiger partial charge in [-0.15, -0.1) is 0 Å². The summed E-state index contributed by atoms with van der Waals surface area (Å²) in [5.41, 5.74) is 0.903. The molecular weight excluding hydrogens is 219 g/mol. The van der Waals surface area contributed by atoms with Crippen LogP contribution >= 0.6 is 23.2 Å². The van der Waals surface area contributed by atoms with E-state index in [1.807, 2.05) is 26.0 Å². The van der Waals surface area contributed by atoms with Gasteiger partial charge >= 0.3 is 0 Å². The zero-order valence-corrected chi connectivity index (χ0v) is 9.81. The standard InChI is InChI=1S/C11H14Cl2O/c1-7(2)10(14)6-8-4-3-5-9(12)11(8)13/h3-5,7,10,14H,6H2,1-2H3. The van der Waals surface area contributed by atoms with E-state index in [-0.39, 0.29) is 12.0 Å². The lowest BCUT2D eigenvalue weighted by atomic mass is 9.99. The molecule has 0 saturated carbocycles. The molecule has 14 heavy (non-hydrogen) atoms. The van der Waals surface area contributed by atoms with Gasteiger partial charge in [0.2, 0.25) is 0 Å². The Balaban J connectivity index is 2.82. The summed E-state index contributed by atoms with van der Waals surface area (Å²) in [5.74, 6) is 0.227. The maximum absolute atomic E-state index is 9.69. The lowest BCUT2D eigenvalue weighted by Gasteiger charge is -2.15. The van der Waals surface area contributed by atoms with E-state index in [2.05, 4.69) is 0 Å². The summed E-state index contributed by atoms with van der Waals surface area (Å²) in [6.07, 6.45) is 0.183. The molecule has 0 heterocycles. The Morgan fingerprint density at radius 3 is 2.50 bits per heavy atom. The minimum absolute atomic E-state index is 0.227. The first-order valence-corrected chi connectivity index (χ1v) is 5.39. The smallest absolute Gasteiger partial charge is 0.0625 e. The molecule has 1 atom stereocenters. The third-order valence-electron chi connectivity index (χ3n) is 2.23. The van der Waals surface area contributed by atoms with Gasteiger partial charge in [0.1, 0.15) is 0 Å². The average molecular weight is 233 g/mol. The van der Waals surface area contributed by atoms with E-state index >= 15 is 0 Å². The summed E-state index contributed by atoms with van der Waals surface area (Å²) in [6, 6.07) is 5.48. The van der Waals surface area contributed by atoms with Crippen molar-refractivity contribution in [2.45, 2.75) is 26.4 Å². The number of rotatable bonds is 3. The van der Waals surface area contributed by atoms with Crippen molar-refractivity contribution in [1.29, 1.82) is 0 Å². The van der Waals surface area contributed by atoms with E-state index in [4.69, 9.17) is 23.2 Å². The van der Waals surface area contributed by atoms with E-state index < -0.39 is 0 Å². The highest BCUT2D eigenvalue weighted by Gasteiger charge is 2.13. The molecule has 1 N–H and O–H groups in total. The second-order valence-electron chi connectivity index (χ2n) is 3.73. The molecule has 0 fully saturated rings. The van der Waals surface area contributed by atoms with Crippen LogP contribution in [-0.4, -0.2) is 11.2 Å². The number of aliphatic hydroxyl groups excluding tert-OH is 1. The zero-order valence-electron chi connectivity index (χ0n) is 8.30. The van der Waals surface area contributed by atoms with Crippen molar-refractivity contribution in [2.75, 3.05) is 0 Å². The van der Waals surface area contributed by atoms with E-state index in [0.29, 0.717) is 16.5 Å². The molecule has 1 nitrogen and oxygen atoms in total. The number of halogens is 2. The van der Waals surface area contributed by atoms with Crippen molar-refractivity contribution >= 4 is 23.2 Å². The van der Waals surface area contributed by atoms with Crippen LogP contribution < -0.4 is 0 Å². The summed E-state index contributed by atoms with van der Waals surface area (Å²) in [5, 5.41) is 10.8. The summed E-state index contributed by atoms with van der Waals surface area (Å²) in [6.45, 7) is 3.95. The van der Waals surface area contributed by atoms with Crippen molar-refractivity contribution in [3.05, 3.63) is 33.8 Å². The van der Waals surface area contributed by atoms with Crippen LogP contribution in [0, 0.1) is 5.92 Å². The van der Waals surface area contributed by atoms with Crippen LogP contribution in [0.3, 0.4) is 0 Å². The highest BCUT2D eigenvalue weighted by atomic mass is 35.5. The Morgan fingerprint density at radius 2 is 1.93 bits per heavy atom. The van der Waals surface area contributed by atoms with Gasteiger partial charge in [-0.2, -0.15) is 0 Å². The Kier molecular flexibility index (Phi) is 4.24. The lowest BCUT2D eigenvalue weighted by molar-refractivity contribution is 0.126. The van der Waals surface area contributed by atoms with Gasteiger partial charge in [0.15, 0.2) is 0 Å². The molecule has 1 rings (SSSR count). The predicted octanol–water partition coefficient (Wildman–Crippen LogP) is 3.55. The number of aliphatic hydroxyl groups is 1. The molecule has 0 spiro atoms. The summed E-state index contributed by atoms with van der Waals surface area (Å²) in [7, 11) is 0. The number of hydrogen-bond acceptors (Lipinski definition) is 1. The zero-order chi connectivity index (χ0) is 10.7. The first-order valence-electron chi connectivity index (χ1n) is 4.63. The second kappa shape index (κ2) is 5.01. The van der Waals surface area contributed by atoms with E-state index in [1.54, 1.807) is 6.07 Å². The largest absolute Gasteiger partial charge is 0.393 e. The van der Waals surface area contributed by atoms with Gasteiger partial charge in [0, 0.05) is 6.42 Å². The number of benzene rings is 1. The fraction of sp³-hybridized carbons (Fsp3) is 0.455. The molecule has 0 aliphatic carbocycles. The third-order valence-corrected chi connectivity index (χ3v) is 3.09. The van der Waals surface area contributed by atoms with Crippen LogP contribution in [0.1, 0.15) is 19.4 Å². The van der Waals surface area contributed by atoms with Gasteiger partial charge in [-0.3, -0.25) is 0 Å². The number of hydrogen-bond donors (Lipinski definition) is 1. The summed E-state index contributed by atoms with van der Waals surface area (Å²) < 4.78 is 0. The SMILES string of the molecule is CC(C)C(O)Cc1cccc(Cl)c1Cl. The molecule has 0 aliphatic rings. The van der Waals surface area contributed by atoms with Gasteiger partial charge in [-0.25, -0.2) is 0 Å². The highest BCUT2D eigenvalue weighted by Crippen LogP contribution is 2.27. The first kappa shape index (κ1) is 11.8. The molecule has 1 aromatic rings. The Hall–Kier alpha value is -0.240. The van der Waals surface area contributed by atoms with Gasteiger partial charge in [-0.05, 0) is 17.5 Å². The molecule has 0 aromatic heterocycles. The van der Waals surface area contributed by atoms with Crippen molar-refractivity contribution in [2.24, 2.45) is 5.92 Å². The van der Waals surface area contributed by atoms with Crippen molar-refractivity contribution in [3.63, 3.8) is 0 Å². The Bertz CT molecular complexity index is 310. The molecule has 0 amide bonds. The fourth-order valence-electron chi connectivity index (χ4n) is 1.17. The minimum atomic E-state index is -0.369. The first-order chi connectivity index (χ1) is 6.52. The van der Waals surface area contributed by atoms with E-state index in [9.17, 15) is 5.11 Å². The van der Waals surface area contributed by atoms with Crippen LogP contribution in [0.5, 0.6) is 0 Å². The van der Waals surface area contributed by atoms with Gasteiger partial charge < -0.3 is 5.11 Å². The second-order valence-corrected chi connectivity index (χ2v) is 4.51. The van der Waals surface area contributed by atoms with Crippen molar-refractivity contribution in [1.82, 2.24) is 0 Å². The van der Waals surface area contributed by atoms with Gasteiger partial charge in [-0.1, -0.05) is 49.2 Å². The topological polar surface area (TPSA) is 20.2 Å². The highest BCUT2D eigenvalue weighted by molar-refractivity contribution is 6.42. The summed E-state index contributed by atoms with van der Waals surface area (Å²) >= 11 is 11.9. The van der Waals surface area contributed by atoms with E-state index in [1.165, 1.54) is 0 Å². The molecule has 78 valence electrons. The van der Waals surface area contributed by atoms with Crippen LogP contribution in [0.15, 0.2) is 18.2 Å². The van der Waals surface area contributed by atoms with Gasteiger partial charge in [0.05, 0.1) is 16.1 Å². The molecule has 1 unspecified atom stereocenters. The molecular formula is C11H14Cl2O. The average Bonchev–Trinajstić information content (AvgIpc) is 2.12. The predicted molar refractivity (Wildman–Crippen MR) is 61.0 cm³/mol. The van der Waals surface area contributed by atoms with Crippen LogP contribution in [0.4, 0.5) is 0 Å². The van der Waals surface area contributed by atoms with Crippen LogP contribution in [-0.2, 0) is 6.42 Å². The van der Waals surface area contributed by atoms with E-state index in [0.717, 1.165) is 5.56 Å². The molecule has 0 radical (unpaired) electrons. The summed E-state index contributed by atoms with van der Waals surface area (Å²) in [4.78, 5) is 0. The monoisotopic (exact) mass is 232 g/mol. The quantitative estimate of drug-likeness (QED) is 0.846. The molecule has 0 aliphatic heterocycles. The van der Waals surface area contributed by atoms with Gasteiger partial charge in [0.25, 0.3) is 0 Å². The fourth-order valence-corrected chi connectivity index (χ4v) is 1.56. The van der Waals surface area contributed by atoms with Crippen LogP contribution in [0.2, 0.25) is 10.0 Å². The van der Waals surface area contributed by atoms with Crippen molar-refractivity contribution in [3.8, 4) is 0 Å². The maximum atomic E-state index is 9.69. The van der Waals surface area contributed by atoms with Crippen molar-refractivity contribution < 1.29 is 5.11 Å². The molecule has 3 heteroatoms. The minimum Gasteiger partial charge on any atom is -0.393 e. The Labute approximate surface area is 94.7 Å². The molecule has 0 bridgehead atoms. The lowest BCUT2D eigenvalue weighted by Crippen LogP contribution is -2.17. The maximum Gasteiger partial charge on any atom is 0.0625 e. The normalized spacial score (nSPS) is 13.3. The third kappa shape index (κ3) is 2.88. The molecule has 0 saturated heterocycles. The molecule has 1 aromatic carbocycles.